The van der Waals surface area contributed by atoms with Gasteiger partial charge < -0.3 is 10.2 Å². The summed E-state index contributed by atoms with van der Waals surface area (Å²) in [6.45, 7) is 5.61. The topological polar surface area (TPSA) is 15.3 Å². The highest BCUT2D eigenvalue weighted by Crippen LogP contribution is 2.27. The van der Waals surface area contributed by atoms with Crippen LogP contribution in [0.5, 0.6) is 0 Å². The molecule has 1 aliphatic heterocycles. The Kier molecular flexibility index (Phi) is 2.92. The average molecular weight is 190 g/mol. The molecule has 76 valence electrons. The van der Waals surface area contributed by atoms with E-state index in [-0.39, 0.29) is 0 Å². The van der Waals surface area contributed by atoms with Crippen molar-refractivity contribution in [3.63, 3.8) is 0 Å². The summed E-state index contributed by atoms with van der Waals surface area (Å²) in [6, 6.07) is 8.59. The first-order valence-corrected chi connectivity index (χ1v) is 5.49. The van der Waals surface area contributed by atoms with Crippen LogP contribution in [0.2, 0.25) is 0 Å². The summed E-state index contributed by atoms with van der Waals surface area (Å²) >= 11 is 0. The molecule has 1 aliphatic rings. The summed E-state index contributed by atoms with van der Waals surface area (Å²) < 4.78 is 0. The molecule has 0 aliphatic carbocycles. The lowest BCUT2D eigenvalue weighted by Crippen LogP contribution is -2.27. The van der Waals surface area contributed by atoms with E-state index in [1.807, 2.05) is 0 Å². The second kappa shape index (κ2) is 4.36. The molecule has 0 bridgehead atoms. The summed E-state index contributed by atoms with van der Waals surface area (Å²) in [5, 5.41) is 3.49. The van der Waals surface area contributed by atoms with Gasteiger partial charge in [0.15, 0.2) is 0 Å². The number of fused-ring (bicyclic) bond motifs is 1. The van der Waals surface area contributed by atoms with Gasteiger partial charge in [-0.1, -0.05) is 12.1 Å². The van der Waals surface area contributed by atoms with Crippen LogP contribution in [-0.2, 0) is 0 Å². The molecule has 0 atom stereocenters. The highest BCUT2D eigenvalue weighted by molar-refractivity contribution is 5.70. The van der Waals surface area contributed by atoms with Crippen molar-refractivity contribution in [3.05, 3.63) is 24.3 Å². The Bertz CT molecular complexity index is 296. The lowest BCUT2D eigenvalue weighted by molar-refractivity contribution is 0.704. The minimum Gasteiger partial charge on any atom is -0.383 e. The van der Waals surface area contributed by atoms with Crippen molar-refractivity contribution in [3.8, 4) is 0 Å². The standard InChI is InChI=1S/C12H18N2/c1-2-14-10-6-5-9-13-11-7-3-4-8-12(11)14/h3-4,7-8,13H,2,5-6,9-10H2,1H3. The Balaban J connectivity index is 2.31. The lowest BCUT2D eigenvalue weighted by atomic mass is 10.2. The quantitative estimate of drug-likeness (QED) is 0.732. The van der Waals surface area contributed by atoms with E-state index in [0.717, 1.165) is 13.1 Å². The van der Waals surface area contributed by atoms with Crippen LogP contribution in [-0.4, -0.2) is 19.6 Å². The second-order valence-corrected chi connectivity index (χ2v) is 3.73. The van der Waals surface area contributed by atoms with E-state index in [9.17, 15) is 0 Å². The van der Waals surface area contributed by atoms with Gasteiger partial charge in [0.1, 0.15) is 0 Å². The Labute approximate surface area is 85.9 Å². The third kappa shape index (κ3) is 1.84. The Morgan fingerprint density at radius 2 is 2.14 bits per heavy atom. The normalized spacial score (nSPS) is 16.5. The van der Waals surface area contributed by atoms with Gasteiger partial charge in [0.25, 0.3) is 0 Å². The molecule has 0 radical (unpaired) electrons. The van der Waals surface area contributed by atoms with Crippen LogP contribution >= 0.6 is 0 Å². The van der Waals surface area contributed by atoms with Crippen LogP contribution in [0.3, 0.4) is 0 Å². The number of rotatable bonds is 1. The highest BCUT2D eigenvalue weighted by atomic mass is 15.1. The highest BCUT2D eigenvalue weighted by Gasteiger charge is 2.10. The number of para-hydroxylation sites is 2. The first kappa shape index (κ1) is 9.38. The smallest absolute Gasteiger partial charge is 0.0601 e. The minimum absolute atomic E-state index is 1.10. The predicted octanol–water partition coefficient (Wildman–Crippen LogP) is 2.72. The molecule has 0 spiro atoms. The SMILES string of the molecule is CCN1CCCCNc2ccccc21. The fourth-order valence-electron chi connectivity index (χ4n) is 2.00. The van der Waals surface area contributed by atoms with Crippen molar-refractivity contribution in [1.82, 2.24) is 0 Å². The van der Waals surface area contributed by atoms with Crippen LogP contribution in [0, 0.1) is 0 Å². The van der Waals surface area contributed by atoms with Gasteiger partial charge in [-0.3, -0.25) is 0 Å². The summed E-state index contributed by atoms with van der Waals surface area (Å²) in [4.78, 5) is 2.45. The largest absolute Gasteiger partial charge is 0.383 e. The third-order valence-electron chi connectivity index (χ3n) is 2.80. The van der Waals surface area contributed by atoms with E-state index >= 15 is 0 Å². The Hall–Kier alpha value is -1.18. The lowest BCUT2D eigenvalue weighted by Gasteiger charge is -2.28. The van der Waals surface area contributed by atoms with Crippen LogP contribution in [0.25, 0.3) is 0 Å². The van der Waals surface area contributed by atoms with E-state index in [0.29, 0.717) is 0 Å². The summed E-state index contributed by atoms with van der Waals surface area (Å²) in [6.07, 6.45) is 2.56. The number of anilines is 2. The predicted molar refractivity (Wildman–Crippen MR) is 62.1 cm³/mol. The Morgan fingerprint density at radius 1 is 1.29 bits per heavy atom. The van der Waals surface area contributed by atoms with Gasteiger partial charge >= 0.3 is 0 Å². The Morgan fingerprint density at radius 3 is 3.00 bits per heavy atom. The number of hydrogen-bond acceptors (Lipinski definition) is 2. The molecule has 2 rings (SSSR count). The fourth-order valence-corrected chi connectivity index (χ4v) is 2.00. The zero-order valence-electron chi connectivity index (χ0n) is 8.79. The van der Waals surface area contributed by atoms with E-state index in [1.165, 1.54) is 30.8 Å². The van der Waals surface area contributed by atoms with Crippen LogP contribution in [0.4, 0.5) is 11.4 Å². The molecule has 0 aromatic heterocycles. The maximum Gasteiger partial charge on any atom is 0.0601 e. The number of nitrogens with zero attached hydrogens (tertiary/aromatic N) is 1. The molecular formula is C12H18N2. The van der Waals surface area contributed by atoms with Crippen molar-refractivity contribution in [2.24, 2.45) is 0 Å². The molecule has 0 saturated heterocycles. The molecule has 0 unspecified atom stereocenters. The van der Waals surface area contributed by atoms with Crippen LogP contribution in [0.1, 0.15) is 19.8 Å². The van der Waals surface area contributed by atoms with Gasteiger partial charge in [0, 0.05) is 19.6 Å². The molecule has 1 aromatic carbocycles. The van der Waals surface area contributed by atoms with Crippen molar-refractivity contribution in [2.45, 2.75) is 19.8 Å². The first-order valence-electron chi connectivity index (χ1n) is 5.49. The molecular weight excluding hydrogens is 172 g/mol. The van der Waals surface area contributed by atoms with E-state index < -0.39 is 0 Å². The van der Waals surface area contributed by atoms with Gasteiger partial charge in [0.2, 0.25) is 0 Å². The summed E-state index contributed by atoms with van der Waals surface area (Å²) in [7, 11) is 0. The van der Waals surface area contributed by atoms with Gasteiger partial charge in [-0.25, -0.2) is 0 Å². The number of nitrogens with one attached hydrogen (secondary N) is 1. The van der Waals surface area contributed by atoms with E-state index in [4.69, 9.17) is 0 Å². The van der Waals surface area contributed by atoms with Crippen LogP contribution in [0.15, 0.2) is 24.3 Å². The zero-order chi connectivity index (χ0) is 9.80. The van der Waals surface area contributed by atoms with Gasteiger partial charge in [0.05, 0.1) is 11.4 Å². The van der Waals surface area contributed by atoms with E-state index in [1.54, 1.807) is 0 Å². The molecule has 14 heavy (non-hydrogen) atoms. The first-order chi connectivity index (χ1) is 6.92. The summed E-state index contributed by atoms with van der Waals surface area (Å²) in [5.41, 5.74) is 2.64. The molecule has 1 aromatic rings. The molecule has 1 heterocycles. The van der Waals surface area contributed by atoms with Crippen molar-refractivity contribution < 1.29 is 0 Å². The van der Waals surface area contributed by atoms with Gasteiger partial charge in [-0.15, -0.1) is 0 Å². The van der Waals surface area contributed by atoms with E-state index in [2.05, 4.69) is 41.4 Å². The molecule has 1 N–H and O–H groups in total. The molecule has 0 amide bonds. The van der Waals surface area contributed by atoms with Crippen molar-refractivity contribution >= 4 is 11.4 Å². The molecule has 0 saturated carbocycles. The minimum atomic E-state index is 1.10. The zero-order valence-corrected chi connectivity index (χ0v) is 8.79. The van der Waals surface area contributed by atoms with Crippen molar-refractivity contribution in [2.75, 3.05) is 29.9 Å². The number of benzene rings is 1. The maximum absolute atomic E-state index is 3.49. The van der Waals surface area contributed by atoms with Crippen molar-refractivity contribution in [1.29, 1.82) is 0 Å². The van der Waals surface area contributed by atoms with Crippen LogP contribution < -0.4 is 10.2 Å². The fraction of sp³-hybridized carbons (Fsp3) is 0.500. The molecule has 0 fully saturated rings. The summed E-state index contributed by atoms with van der Waals surface area (Å²) in [5.74, 6) is 0. The van der Waals surface area contributed by atoms with Gasteiger partial charge in [-0.05, 0) is 31.9 Å². The number of hydrogen-bond donors (Lipinski definition) is 1. The monoisotopic (exact) mass is 190 g/mol. The molecule has 2 heteroatoms. The third-order valence-corrected chi connectivity index (χ3v) is 2.80. The molecule has 2 nitrogen and oxygen atoms in total. The average Bonchev–Trinajstić information content (AvgIpc) is 2.20. The van der Waals surface area contributed by atoms with Gasteiger partial charge in [-0.2, -0.15) is 0 Å². The maximum atomic E-state index is 3.49. The second-order valence-electron chi connectivity index (χ2n) is 3.73.